The Morgan fingerprint density at radius 2 is 1.96 bits per heavy atom. The molecular formula is C21H26N2O3S. The SMILES string of the molecule is COc1cc(C(=O)N2CCc3sccc3C2)ccc1OC1CCN(C)CC1. The second-order valence-corrected chi connectivity index (χ2v) is 8.33. The lowest BCUT2D eigenvalue weighted by atomic mass is 10.1. The Morgan fingerprint density at radius 3 is 2.74 bits per heavy atom. The van der Waals surface area contributed by atoms with E-state index in [9.17, 15) is 4.79 Å². The summed E-state index contributed by atoms with van der Waals surface area (Å²) in [4.78, 5) is 18.6. The second-order valence-electron chi connectivity index (χ2n) is 7.33. The number of amides is 1. The van der Waals surface area contributed by atoms with Crippen molar-refractivity contribution in [3.05, 3.63) is 45.6 Å². The Hall–Kier alpha value is -2.05. The molecule has 4 rings (SSSR count). The molecule has 6 heteroatoms. The molecule has 0 N–H and O–H groups in total. The molecule has 0 aliphatic carbocycles. The van der Waals surface area contributed by atoms with Crippen LogP contribution in [0.1, 0.15) is 33.6 Å². The van der Waals surface area contributed by atoms with E-state index in [0.717, 1.165) is 44.6 Å². The van der Waals surface area contributed by atoms with Crippen molar-refractivity contribution in [1.82, 2.24) is 9.80 Å². The smallest absolute Gasteiger partial charge is 0.254 e. The molecule has 0 bridgehead atoms. The summed E-state index contributed by atoms with van der Waals surface area (Å²) < 4.78 is 11.7. The van der Waals surface area contributed by atoms with E-state index < -0.39 is 0 Å². The van der Waals surface area contributed by atoms with Crippen molar-refractivity contribution in [1.29, 1.82) is 0 Å². The van der Waals surface area contributed by atoms with Crippen molar-refractivity contribution in [2.24, 2.45) is 0 Å². The minimum atomic E-state index is 0.0518. The van der Waals surface area contributed by atoms with Crippen LogP contribution < -0.4 is 9.47 Å². The first-order chi connectivity index (χ1) is 13.1. The number of benzene rings is 1. The lowest BCUT2D eigenvalue weighted by Gasteiger charge is -2.30. The molecule has 1 saturated heterocycles. The zero-order chi connectivity index (χ0) is 18.8. The summed E-state index contributed by atoms with van der Waals surface area (Å²) in [6, 6.07) is 7.68. The van der Waals surface area contributed by atoms with Gasteiger partial charge < -0.3 is 19.3 Å². The quantitative estimate of drug-likeness (QED) is 0.807. The molecule has 2 aromatic rings. The molecule has 3 heterocycles. The third kappa shape index (κ3) is 3.96. The van der Waals surface area contributed by atoms with Gasteiger partial charge >= 0.3 is 0 Å². The molecule has 0 radical (unpaired) electrons. The lowest BCUT2D eigenvalue weighted by Crippen LogP contribution is -2.36. The normalized spacial score (nSPS) is 18.2. The topological polar surface area (TPSA) is 42.0 Å². The number of hydrogen-bond donors (Lipinski definition) is 0. The maximum absolute atomic E-state index is 13.0. The molecule has 0 unspecified atom stereocenters. The number of fused-ring (bicyclic) bond motifs is 1. The molecule has 5 nitrogen and oxygen atoms in total. The van der Waals surface area contributed by atoms with Gasteiger partial charge in [0.05, 0.1) is 7.11 Å². The largest absolute Gasteiger partial charge is 0.493 e. The first kappa shape index (κ1) is 18.3. The van der Waals surface area contributed by atoms with Gasteiger partial charge in [-0.3, -0.25) is 4.79 Å². The van der Waals surface area contributed by atoms with E-state index in [1.807, 2.05) is 23.1 Å². The van der Waals surface area contributed by atoms with Crippen molar-refractivity contribution in [3.63, 3.8) is 0 Å². The van der Waals surface area contributed by atoms with Crippen molar-refractivity contribution in [3.8, 4) is 11.5 Å². The first-order valence-corrected chi connectivity index (χ1v) is 10.4. The van der Waals surface area contributed by atoms with Gasteiger partial charge in [0.2, 0.25) is 0 Å². The van der Waals surface area contributed by atoms with Crippen LogP contribution in [0.4, 0.5) is 0 Å². The maximum atomic E-state index is 13.0. The summed E-state index contributed by atoms with van der Waals surface area (Å²) in [5.41, 5.74) is 1.93. The Balaban J connectivity index is 1.47. The summed E-state index contributed by atoms with van der Waals surface area (Å²) in [5, 5.41) is 2.11. The molecule has 2 aliphatic rings. The van der Waals surface area contributed by atoms with Gasteiger partial charge in [-0.25, -0.2) is 0 Å². The highest BCUT2D eigenvalue weighted by Crippen LogP contribution is 2.32. The van der Waals surface area contributed by atoms with Gasteiger partial charge in [-0.2, -0.15) is 0 Å². The van der Waals surface area contributed by atoms with Crippen LogP contribution in [0.15, 0.2) is 29.6 Å². The third-order valence-corrected chi connectivity index (χ3v) is 6.49. The van der Waals surface area contributed by atoms with E-state index in [2.05, 4.69) is 23.4 Å². The van der Waals surface area contributed by atoms with E-state index in [4.69, 9.17) is 9.47 Å². The Labute approximate surface area is 164 Å². The fourth-order valence-electron chi connectivity index (χ4n) is 3.78. The maximum Gasteiger partial charge on any atom is 0.254 e. The van der Waals surface area contributed by atoms with Crippen LogP contribution >= 0.6 is 11.3 Å². The second kappa shape index (κ2) is 7.90. The van der Waals surface area contributed by atoms with Crippen LogP contribution in [0.25, 0.3) is 0 Å². The number of piperidine rings is 1. The van der Waals surface area contributed by atoms with Gasteiger partial charge in [0.25, 0.3) is 5.91 Å². The first-order valence-electron chi connectivity index (χ1n) is 9.52. The summed E-state index contributed by atoms with van der Waals surface area (Å²) in [7, 11) is 3.76. The third-order valence-electron chi connectivity index (χ3n) is 5.46. The van der Waals surface area contributed by atoms with Crippen LogP contribution in [0.3, 0.4) is 0 Å². The monoisotopic (exact) mass is 386 g/mol. The molecule has 1 aromatic heterocycles. The molecule has 1 fully saturated rings. The number of rotatable bonds is 4. The molecule has 27 heavy (non-hydrogen) atoms. The van der Waals surface area contributed by atoms with E-state index in [1.165, 1.54) is 10.4 Å². The molecule has 144 valence electrons. The van der Waals surface area contributed by atoms with Crippen molar-refractivity contribution >= 4 is 17.2 Å². The van der Waals surface area contributed by atoms with Gasteiger partial charge in [0.1, 0.15) is 6.10 Å². The van der Waals surface area contributed by atoms with E-state index in [0.29, 0.717) is 17.9 Å². The summed E-state index contributed by atoms with van der Waals surface area (Å²) in [6.45, 7) is 3.54. The number of ether oxygens (including phenoxy) is 2. The zero-order valence-electron chi connectivity index (χ0n) is 15.9. The summed E-state index contributed by atoms with van der Waals surface area (Å²) in [6.07, 6.45) is 3.16. The van der Waals surface area contributed by atoms with Gasteiger partial charge in [-0.15, -0.1) is 11.3 Å². The Morgan fingerprint density at radius 1 is 1.15 bits per heavy atom. The van der Waals surface area contributed by atoms with Gasteiger partial charge in [-0.05, 0) is 61.5 Å². The lowest BCUT2D eigenvalue weighted by molar-refractivity contribution is 0.0735. The predicted molar refractivity (Wildman–Crippen MR) is 107 cm³/mol. The summed E-state index contributed by atoms with van der Waals surface area (Å²) >= 11 is 1.78. The molecular weight excluding hydrogens is 360 g/mol. The van der Waals surface area contributed by atoms with Gasteiger partial charge in [-0.1, -0.05) is 0 Å². The molecule has 0 saturated carbocycles. The molecule has 1 amide bonds. The fraction of sp³-hybridized carbons (Fsp3) is 0.476. The van der Waals surface area contributed by atoms with E-state index in [-0.39, 0.29) is 12.0 Å². The highest BCUT2D eigenvalue weighted by Gasteiger charge is 2.24. The number of likely N-dealkylation sites (tertiary alicyclic amines) is 1. The Kier molecular flexibility index (Phi) is 5.36. The zero-order valence-corrected chi connectivity index (χ0v) is 16.8. The van der Waals surface area contributed by atoms with Crippen LogP contribution in [0, 0.1) is 0 Å². The van der Waals surface area contributed by atoms with Crippen molar-refractivity contribution in [2.45, 2.75) is 31.9 Å². The highest BCUT2D eigenvalue weighted by molar-refractivity contribution is 7.10. The van der Waals surface area contributed by atoms with E-state index in [1.54, 1.807) is 18.4 Å². The molecule has 0 spiro atoms. The van der Waals surface area contributed by atoms with Crippen LogP contribution in [0.5, 0.6) is 11.5 Å². The Bertz CT molecular complexity index is 812. The number of carbonyl (C=O) groups is 1. The van der Waals surface area contributed by atoms with Crippen LogP contribution in [-0.4, -0.2) is 55.6 Å². The van der Waals surface area contributed by atoms with Gasteiger partial charge in [0.15, 0.2) is 11.5 Å². The molecule has 1 aromatic carbocycles. The average molecular weight is 387 g/mol. The van der Waals surface area contributed by atoms with Crippen molar-refractivity contribution < 1.29 is 14.3 Å². The highest BCUT2D eigenvalue weighted by atomic mass is 32.1. The molecule has 2 aliphatic heterocycles. The number of thiophene rings is 1. The minimum absolute atomic E-state index is 0.0518. The van der Waals surface area contributed by atoms with Crippen LogP contribution in [0.2, 0.25) is 0 Å². The fourth-order valence-corrected chi connectivity index (χ4v) is 4.67. The number of methoxy groups -OCH3 is 1. The number of hydrogen-bond acceptors (Lipinski definition) is 5. The van der Waals surface area contributed by atoms with Gasteiger partial charge in [0, 0.05) is 36.6 Å². The predicted octanol–water partition coefficient (Wildman–Crippen LogP) is 3.43. The van der Waals surface area contributed by atoms with Crippen LogP contribution in [-0.2, 0) is 13.0 Å². The minimum Gasteiger partial charge on any atom is -0.493 e. The number of carbonyl (C=O) groups excluding carboxylic acids is 1. The van der Waals surface area contributed by atoms with Crippen molar-refractivity contribution in [2.75, 3.05) is 33.8 Å². The molecule has 0 atom stereocenters. The number of nitrogens with zero attached hydrogens (tertiary/aromatic N) is 2. The van der Waals surface area contributed by atoms with E-state index >= 15 is 0 Å². The standard InChI is InChI=1S/C21H26N2O3S/c1-22-9-5-17(6-10-22)26-18-4-3-15(13-19(18)25-2)21(24)23-11-7-20-16(14-23)8-12-27-20/h3-4,8,12-13,17H,5-7,9-11,14H2,1-2H3. The average Bonchev–Trinajstić information content (AvgIpc) is 3.17. The summed E-state index contributed by atoms with van der Waals surface area (Å²) in [5.74, 6) is 1.41.